The number of hydrogen-bond donors (Lipinski definition) is 0. The number of aromatic nitrogens is 1. The van der Waals surface area contributed by atoms with Crippen LogP contribution in [-0.2, 0) is 9.73 Å². The van der Waals surface area contributed by atoms with E-state index in [1.807, 2.05) is 19.6 Å². The van der Waals surface area contributed by atoms with Crippen LogP contribution in [0, 0.1) is 0 Å². The lowest BCUT2D eigenvalue weighted by atomic mass is 10.5. The summed E-state index contributed by atoms with van der Waals surface area (Å²) in [5, 5.41) is 0.472. The zero-order valence-corrected chi connectivity index (χ0v) is 11.9. The summed E-state index contributed by atoms with van der Waals surface area (Å²) in [6, 6.07) is 1.64. The van der Waals surface area contributed by atoms with Gasteiger partial charge in [0, 0.05) is 18.6 Å². The SMILES string of the molecule is C[Si](C)(C)N=S(C)(=O)c1cnccc1Cl. The Labute approximate surface area is 97.2 Å². The van der Waals surface area contributed by atoms with Crippen molar-refractivity contribution in [2.24, 2.45) is 4.03 Å². The molecule has 1 rings (SSSR count). The first-order valence-electron chi connectivity index (χ1n) is 4.55. The summed E-state index contributed by atoms with van der Waals surface area (Å²) in [7, 11) is -4.14. The van der Waals surface area contributed by atoms with Crippen LogP contribution in [0.5, 0.6) is 0 Å². The van der Waals surface area contributed by atoms with Crippen LogP contribution < -0.4 is 0 Å². The topological polar surface area (TPSA) is 42.3 Å². The Morgan fingerprint density at radius 2 is 2.07 bits per heavy atom. The molecule has 0 amide bonds. The van der Waals surface area contributed by atoms with Crippen molar-refractivity contribution in [1.82, 2.24) is 4.98 Å². The van der Waals surface area contributed by atoms with E-state index in [0.29, 0.717) is 9.92 Å². The van der Waals surface area contributed by atoms with Crippen molar-refractivity contribution in [3.63, 3.8) is 0 Å². The van der Waals surface area contributed by atoms with E-state index in [1.165, 1.54) is 6.20 Å². The van der Waals surface area contributed by atoms with Crippen molar-refractivity contribution in [2.75, 3.05) is 6.26 Å². The van der Waals surface area contributed by atoms with Gasteiger partial charge in [-0.3, -0.25) is 9.01 Å². The van der Waals surface area contributed by atoms with Gasteiger partial charge in [-0.25, -0.2) is 4.21 Å². The summed E-state index contributed by atoms with van der Waals surface area (Å²) in [6.45, 7) is 6.13. The lowest BCUT2D eigenvalue weighted by Gasteiger charge is -2.13. The molecule has 0 aliphatic carbocycles. The predicted octanol–water partition coefficient (Wildman–Crippen LogP) is 3.03. The molecule has 6 heteroatoms. The smallest absolute Gasteiger partial charge is 0.185 e. The van der Waals surface area contributed by atoms with Gasteiger partial charge in [-0.2, -0.15) is 0 Å². The van der Waals surface area contributed by atoms with Gasteiger partial charge in [-0.1, -0.05) is 11.6 Å². The average molecular weight is 263 g/mol. The van der Waals surface area contributed by atoms with Crippen LogP contribution in [0.15, 0.2) is 27.4 Å². The highest BCUT2D eigenvalue weighted by Crippen LogP contribution is 2.22. The van der Waals surface area contributed by atoms with Gasteiger partial charge >= 0.3 is 0 Å². The van der Waals surface area contributed by atoms with Crippen LogP contribution in [0.3, 0.4) is 0 Å². The zero-order chi connectivity index (χ0) is 11.7. The minimum absolute atomic E-state index is 0.472. The zero-order valence-electron chi connectivity index (χ0n) is 9.32. The molecule has 0 saturated heterocycles. The molecule has 0 radical (unpaired) electrons. The molecule has 1 heterocycles. The second kappa shape index (κ2) is 4.23. The first-order valence-corrected chi connectivity index (χ1v) is 10.3. The molecule has 84 valence electrons. The second-order valence-electron chi connectivity index (χ2n) is 4.37. The normalized spacial score (nSPS) is 15.8. The third-order valence-corrected chi connectivity index (χ3v) is 6.76. The van der Waals surface area contributed by atoms with Crippen LogP contribution in [0.2, 0.25) is 24.7 Å². The Hall–Kier alpha value is -0.393. The third-order valence-electron chi connectivity index (χ3n) is 1.59. The van der Waals surface area contributed by atoms with E-state index in [-0.39, 0.29) is 0 Å². The number of rotatable bonds is 2. The summed E-state index contributed by atoms with van der Waals surface area (Å²) < 4.78 is 16.8. The molecule has 1 atom stereocenters. The fourth-order valence-corrected chi connectivity index (χ4v) is 7.01. The predicted molar refractivity (Wildman–Crippen MR) is 67.4 cm³/mol. The third kappa shape index (κ3) is 3.59. The standard InChI is InChI=1S/C9H15ClN2OSSi/c1-14(13,12-15(2,3)4)9-7-11-6-5-8(9)10/h5-7H,1-4H3. The maximum atomic E-state index is 12.4. The van der Waals surface area contributed by atoms with E-state index in [4.69, 9.17) is 11.6 Å². The maximum absolute atomic E-state index is 12.4. The molecule has 1 aromatic rings. The van der Waals surface area contributed by atoms with E-state index < -0.39 is 18.0 Å². The first kappa shape index (κ1) is 12.7. The van der Waals surface area contributed by atoms with E-state index in [0.717, 1.165) is 0 Å². The molecule has 0 spiro atoms. The largest absolute Gasteiger partial charge is 0.274 e. The molecular weight excluding hydrogens is 248 g/mol. The van der Waals surface area contributed by atoms with Crippen molar-refractivity contribution < 1.29 is 4.21 Å². The molecular formula is C9H15ClN2OSSi. The van der Waals surface area contributed by atoms with Gasteiger partial charge in [0.1, 0.15) is 0 Å². The fraction of sp³-hybridized carbons (Fsp3) is 0.444. The Morgan fingerprint density at radius 3 is 2.53 bits per heavy atom. The van der Waals surface area contributed by atoms with E-state index >= 15 is 0 Å². The molecule has 0 N–H and O–H groups in total. The van der Waals surface area contributed by atoms with E-state index in [2.05, 4.69) is 9.01 Å². The molecule has 0 aliphatic heterocycles. The molecule has 3 nitrogen and oxygen atoms in total. The van der Waals surface area contributed by atoms with Gasteiger partial charge < -0.3 is 0 Å². The molecule has 0 aliphatic rings. The molecule has 0 fully saturated rings. The lowest BCUT2D eigenvalue weighted by molar-refractivity contribution is 0.681. The minimum Gasteiger partial charge on any atom is -0.274 e. The van der Waals surface area contributed by atoms with Crippen molar-refractivity contribution in [3.8, 4) is 0 Å². The fourth-order valence-electron chi connectivity index (χ4n) is 1.21. The summed E-state index contributed by atoms with van der Waals surface area (Å²) >= 11 is 5.97. The van der Waals surface area contributed by atoms with Crippen molar-refractivity contribution in [2.45, 2.75) is 24.5 Å². The van der Waals surface area contributed by atoms with Crippen LogP contribution in [0.25, 0.3) is 0 Å². The number of halogens is 1. The Kier molecular flexibility index (Phi) is 3.58. The van der Waals surface area contributed by atoms with Crippen molar-refractivity contribution >= 4 is 29.6 Å². The average Bonchev–Trinajstić information content (AvgIpc) is 1.99. The molecule has 1 unspecified atom stereocenters. The van der Waals surface area contributed by atoms with Crippen LogP contribution in [-0.4, -0.2) is 23.7 Å². The number of nitrogens with zero attached hydrogens (tertiary/aromatic N) is 2. The van der Waals surface area contributed by atoms with Crippen molar-refractivity contribution in [1.29, 1.82) is 0 Å². The highest BCUT2D eigenvalue weighted by atomic mass is 35.5. The van der Waals surface area contributed by atoms with Gasteiger partial charge in [0.25, 0.3) is 0 Å². The molecule has 0 aromatic carbocycles. The summed E-state index contributed by atoms with van der Waals surface area (Å²) in [5.41, 5.74) is 0. The first-order chi connectivity index (χ1) is 6.72. The maximum Gasteiger partial charge on any atom is 0.185 e. The Morgan fingerprint density at radius 1 is 1.47 bits per heavy atom. The van der Waals surface area contributed by atoms with Crippen LogP contribution >= 0.6 is 11.6 Å². The van der Waals surface area contributed by atoms with Gasteiger partial charge in [0.2, 0.25) is 0 Å². The Balaban J connectivity index is 3.36. The lowest BCUT2D eigenvalue weighted by Crippen LogP contribution is -2.19. The van der Waals surface area contributed by atoms with Gasteiger partial charge in [0.05, 0.1) is 19.6 Å². The molecule has 0 bridgehead atoms. The molecule has 0 saturated carbocycles. The monoisotopic (exact) mass is 262 g/mol. The number of hydrogen-bond acceptors (Lipinski definition) is 3. The second-order valence-corrected chi connectivity index (χ2v) is 11.9. The van der Waals surface area contributed by atoms with E-state index in [1.54, 1.807) is 18.5 Å². The van der Waals surface area contributed by atoms with Crippen molar-refractivity contribution in [3.05, 3.63) is 23.5 Å². The van der Waals surface area contributed by atoms with Gasteiger partial charge in [-0.15, -0.1) is 0 Å². The van der Waals surface area contributed by atoms with Gasteiger partial charge in [-0.05, 0) is 25.7 Å². The van der Waals surface area contributed by atoms with E-state index in [9.17, 15) is 4.21 Å². The van der Waals surface area contributed by atoms with Crippen LogP contribution in [0.4, 0.5) is 0 Å². The van der Waals surface area contributed by atoms with Gasteiger partial charge in [0.15, 0.2) is 8.24 Å². The summed E-state index contributed by atoms with van der Waals surface area (Å²) in [6.07, 6.45) is 4.73. The summed E-state index contributed by atoms with van der Waals surface area (Å²) in [5.74, 6) is 0. The highest BCUT2D eigenvalue weighted by molar-refractivity contribution is 7.93. The number of pyridine rings is 1. The van der Waals surface area contributed by atoms with Crippen LogP contribution in [0.1, 0.15) is 0 Å². The Bertz CT molecular complexity index is 475. The quantitative estimate of drug-likeness (QED) is 0.769. The molecule has 1 aromatic heterocycles. The molecule has 15 heavy (non-hydrogen) atoms. The highest BCUT2D eigenvalue weighted by Gasteiger charge is 2.18. The minimum atomic E-state index is -2.41. The summed E-state index contributed by atoms with van der Waals surface area (Å²) in [4.78, 5) is 4.47.